The van der Waals surface area contributed by atoms with Crippen molar-refractivity contribution in [2.75, 3.05) is 0 Å². The molecule has 0 saturated carbocycles. The van der Waals surface area contributed by atoms with E-state index in [4.69, 9.17) is 11.6 Å². The largest absolute Gasteiger partial charge is 0.416 e. The van der Waals surface area contributed by atoms with E-state index in [1.807, 2.05) is 0 Å². The standard InChI is InChI=1S/C17H11ClF6O/c1-15(5-3-13(18)9-14(15)25)4-2-10-6-11(16(19,20)21)8-12(7-10)17(22,23)24/h2-9H,1H3/b4-2+. The molecule has 1 unspecified atom stereocenters. The van der Waals surface area contributed by atoms with Gasteiger partial charge in [-0.05, 0) is 36.8 Å². The fourth-order valence-electron chi connectivity index (χ4n) is 2.15. The van der Waals surface area contributed by atoms with Crippen LogP contribution in [-0.2, 0) is 17.1 Å². The average Bonchev–Trinajstić information content (AvgIpc) is 2.48. The summed E-state index contributed by atoms with van der Waals surface area (Å²) in [6.45, 7) is 1.47. The summed E-state index contributed by atoms with van der Waals surface area (Å²) >= 11 is 5.68. The smallest absolute Gasteiger partial charge is 0.293 e. The topological polar surface area (TPSA) is 17.1 Å². The minimum absolute atomic E-state index is 0.0488. The van der Waals surface area contributed by atoms with E-state index in [0.29, 0.717) is 12.1 Å². The van der Waals surface area contributed by atoms with E-state index >= 15 is 0 Å². The molecule has 0 amide bonds. The van der Waals surface area contributed by atoms with Gasteiger partial charge in [-0.2, -0.15) is 26.3 Å². The molecular formula is C17H11ClF6O. The molecule has 0 spiro atoms. The van der Waals surface area contributed by atoms with Gasteiger partial charge >= 0.3 is 12.4 Å². The minimum atomic E-state index is -4.93. The zero-order valence-electron chi connectivity index (χ0n) is 12.7. The molecule has 0 aliphatic heterocycles. The summed E-state index contributed by atoms with van der Waals surface area (Å²) in [6.07, 6.45) is -3.57. The highest BCUT2D eigenvalue weighted by molar-refractivity contribution is 6.33. The Morgan fingerprint density at radius 2 is 1.52 bits per heavy atom. The molecule has 1 aliphatic rings. The molecule has 1 aromatic carbocycles. The van der Waals surface area contributed by atoms with Crippen molar-refractivity contribution in [1.82, 2.24) is 0 Å². The van der Waals surface area contributed by atoms with Crippen molar-refractivity contribution in [1.29, 1.82) is 0 Å². The number of carbonyl (C=O) groups excluding carboxylic acids is 1. The number of hydrogen-bond donors (Lipinski definition) is 0. The van der Waals surface area contributed by atoms with Crippen LogP contribution in [0.2, 0.25) is 0 Å². The number of hydrogen-bond acceptors (Lipinski definition) is 1. The Kier molecular flexibility index (Phi) is 4.92. The van der Waals surface area contributed by atoms with Crippen LogP contribution in [0.5, 0.6) is 0 Å². The summed E-state index contributed by atoms with van der Waals surface area (Å²) in [6, 6.07) is 1.23. The maximum absolute atomic E-state index is 12.8. The highest BCUT2D eigenvalue weighted by Gasteiger charge is 2.37. The Morgan fingerprint density at radius 1 is 1.00 bits per heavy atom. The molecule has 134 valence electrons. The first-order chi connectivity index (χ1) is 11.3. The molecule has 1 aromatic rings. The molecule has 0 fully saturated rings. The molecule has 0 N–H and O–H groups in total. The summed E-state index contributed by atoms with van der Waals surface area (Å²) in [5.41, 5.74) is -4.35. The number of allylic oxidation sites excluding steroid dienone is 5. The number of alkyl halides is 6. The Hall–Kier alpha value is -2.02. The van der Waals surface area contributed by atoms with E-state index in [1.54, 1.807) is 0 Å². The second kappa shape index (κ2) is 6.37. The zero-order chi connectivity index (χ0) is 19.0. The first-order valence-corrected chi connectivity index (χ1v) is 7.29. The first-order valence-electron chi connectivity index (χ1n) is 6.91. The van der Waals surface area contributed by atoms with Crippen LogP contribution in [0, 0.1) is 5.41 Å². The molecule has 25 heavy (non-hydrogen) atoms. The van der Waals surface area contributed by atoms with Crippen molar-refractivity contribution >= 4 is 23.5 Å². The summed E-state index contributed by atoms with van der Waals surface area (Å²) in [5, 5.41) is 0.189. The fraction of sp³-hybridized carbons (Fsp3) is 0.235. The number of rotatable bonds is 2. The Morgan fingerprint density at radius 3 is 1.96 bits per heavy atom. The second-order valence-corrected chi connectivity index (χ2v) is 6.12. The lowest BCUT2D eigenvalue weighted by atomic mass is 9.81. The Balaban J connectivity index is 2.46. The van der Waals surface area contributed by atoms with Gasteiger partial charge in [-0.1, -0.05) is 29.8 Å². The van der Waals surface area contributed by atoms with Crippen LogP contribution in [-0.4, -0.2) is 5.78 Å². The van der Waals surface area contributed by atoms with Crippen molar-refractivity contribution in [2.45, 2.75) is 19.3 Å². The number of benzene rings is 1. The van der Waals surface area contributed by atoms with Crippen LogP contribution in [0.1, 0.15) is 23.6 Å². The lowest BCUT2D eigenvalue weighted by molar-refractivity contribution is -0.143. The SMILES string of the molecule is CC1(/C=C/c2cc(C(F)(F)F)cc(C(F)(F)F)c2)C=CC(Cl)=CC1=O. The van der Waals surface area contributed by atoms with Gasteiger partial charge in [0.1, 0.15) is 0 Å². The molecule has 0 saturated heterocycles. The first kappa shape index (κ1) is 19.3. The van der Waals surface area contributed by atoms with E-state index < -0.39 is 34.7 Å². The predicted molar refractivity (Wildman–Crippen MR) is 81.7 cm³/mol. The van der Waals surface area contributed by atoms with Gasteiger partial charge in [-0.15, -0.1) is 0 Å². The van der Waals surface area contributed by atoms with Gasteiger partial charge in [0, 0.05) is 11.1 Å². The molecule has 2 rings (SSSR count). The quantitative estimate of drug-likeness (QED) is 0.575. The summed E-state index contributed by atoms with van der Waals surface area (Å²) in [7, 11) is 0. The van der Waals surface area contributed by atoms with Crippen molar-refractivity contribution < 1.29 is 31.1 Å². The maximum atomic E-state index is 12.8. The van der Waals surface area contributed by atoms with E-state index in [2.05, 4.69) is 0 Å². The third-order valence-electron chi connectivity index (χ3n) is 3.62. The molecule has 1 atom stereocenters. The highest BCUT2D eigenvalue weighted by Crippen LogP contribution is 2.37. The molecule has 8 heteroatoms. The predicted octanol–water partition coefficient (Wildman–Crippen LogP) is 6.01. The molecule has 1 aliphatic carbocycles. The van der Waals surface area contributed by atoms with Gasteiger partial charge in [-0.3, -0.25) is 4.79 Å². The molecule has 0 bridgehead atoms. The van der Waals surface area contributed by atoms with Crippen LogP contribution >= 0.6 is 11.6 Å². The van der Waals surface area contributed by atoms with E-state index in [0.717, 1.165) is 12.2 Å². The maximum Gasteiger partial charge on any atom is 0.416 e. The number of halogens is 7. The van der Waals surface area contributed by atoms with E-state index in [9.17, 15) is 31.1 Å². The molecule has 0 radical (unpaired) electrons. The second-order valence-electron chi connectivity index (χ2n) is 5.68. The van der Waals surface area contributed by atoms with Gasteiger partial charge in [0.2, 0.25) is 0 Å². The van der Waals surface area contributed by atoms with E-state index in [-0.39, 0.29) is 16.7 Å². The fourth-order valence-corrected chi connectivity index (χ4v) is 2.31. The van der Waals surface area contributed by atoms with Crippen LogP contribution < -0.4 is 0 Å². The zero-order valence-corrected chi connectivity index (χ0v) is 13.4. The lowest BCUT2D eigenvalue weighted by Gasteiger charge is -2.21. The van der Waals surface area contributed by atoms with Gasteiger partial charge in [0.15, 0.2) is 5.78 Å². The average molecular weight is 381 g/mol. The number of carbonyl (C=O) groups is 1. The summed E-state index contributed by atoms with van der Waals surface area (Å²) in [5.74, 6) is -0.431. The Bertz CT molecular complexity index is 753. The lowest BCUT2D eigenvalue weighted by Crippen LogP contribution is -2.23. The van der Waals surface area contributed by atoms with Crippen LogP contribution in [0.3, 0.4) is 0 Å². The van der Waals surface area contributed by atoms with Crippen LogP contribution in [0.4, 0.5) is 26.3 Å². The molecule has 0 heterocycles. The van der Waals surface area contributed by atoms with Gasteiger partial charge < -0.3 is 0 Å². The molecule has 0 aromatic heterocycles. The third-order valence-corrected chi connectivity index (χ3v) is 3.86. The summed E-state index contributed by atoms with van der Waals surface area (Å²) in [4.78, 5) is 12.0. The van der Waals surface area contributed by atoms with Crippen LogP contribution in [0.15, 0.2) is 47.5 Å². The van der Waals surface area contributed by atoms with Crippen molar-refractivity contribution in [2.24, 2.45) is 5.41 Å². The minimum Gasteiger partial charge on any atom is -0.293 e. The van der Waals surface area contributed by atoms with Crippen molar-refractivity contribution in [3.05, 3.63) is 64.2 Å². The summed E-state index contributed by atoms with van der Waals surface area (Å²) < 4.78 is 77.0. The van der Waals surface area contributed by atoms with E-state index in [1.165, 1.54) is 25.2 Å². The van der Waals surface area contributed by atoms with Gasteiger partial charge in [0.25, 0.3) is 0 Å². The monoisotopic (exact) mass is 380 g/mol. The number of ketones is 1. The molecule has 1 nitrogen and oxygen atoms in total. The van der Waals surface area contributed by atoms with Gasteiger partial charge in [0.05, 0.1) is 16.5 Å². The van der Waals surface area contributed by atoms with Crippen molar-refractivity contribution in [3.8, 4) is 0 Å². The normalized spacial score (nSPS) is 21.8. The third kappa shape index (κ3) is 4.54. The van der Waals surface area contributed by atoms with Crippen molar-refractivity contribution in [3.63, 3.8) is 0 Å². The molecular weight excluding hydrogens is 370 g/mol. The highest BCUT2D eigenvalue weighted by atomic mass is 35.5. The Labute approximate surface area is 144 Å². The van der Waals surface area contributed by atoms with Gasteiger partial charge in [-0.25, -0.2) is 0 Å². The van der Waals surface area contributed by atoms with Crippen LogP contribution in [0.25, 0.3) is 6.08 Å².